The third-order valence-electron chi connectivity index (χ3n) is 6.80. The summed E-state index contributed by atoms with van der Waals surface area (Å²) in [5.74, 6) is 1.51. The molecule has 1 aromatic carbocycles. The van der Waals surface area contributed by atoms with Crippen molar-refractivity contribution in [1.82, 2.24) is 0 Å². The molecule has 0 radical (unpaired) electrons. The van der Waals surface area contributed by atoms with Crippen LogP contribution in [0.2, 0.25) is 15.6 Å². The molecule has 1 aliphatic carbocycles. The molecule has 0 N–H and O–H groups in total. The van der Waals surface area contributed by atoms with Gasteiger partial charge in [0, 0.05) is 0 Å². The summed E-state index contributed by atoms with van der Waals surface area (Å²) < 4.78 is 7.18. The van der Waals surface area contributed by atoms with E-state index in [0.29, 0.717) is 5.54 Å². The molecule has 0 bridgehead atoms. The minimum absolute atomic E-state index is 0.165. The topological polar surface area (TPSA) is 9.23 Å². The molecule has 0 aromatic heterocycles. The first kappa shape index (κ1) is 22.4. The smallest absolute Gasteiger partial charge is 0.210 e. The molecule has 152 valence electrons. The Hall–Kier alpha value is -0.863. The first-order valence-corrected chi connectivity index (χ1v) is 12.7. The van der Waals surface area contributed by atoms with Crippen molar-refractivity contribution >= 4 is 8.32 Å². The fourth-order valence-electron chi connectivity index (χ4n) is 5.57. The molecule has 0 amide bonds. The summed E-state index contributed by atoms with van der Waals surface area (Å²) in [6, 6.07) is 10.7. The molecular weight excluding hydrogens is 344 g/mol. The predicted octanol–water partition coefficient (Wildman–Crippen LogP) is 8.13. The van der Waals surface area contributed by atoms with Gasteiger partial charge in [-0.2, -0.15) is 0 Å². The van der Waals surface area contributed by atoms with Crippen LogP contribution in [-0.2, 0) is 11.0 Å². The van der Waals surface area contributed by atoms with Gasteiger partial charge in [-0.3, -0.25) is 0 Å². The maximum atomic E-state index is 7.18. The zero-order chi connectivity index (χ0) is 20.5. The van der Waals surface area contributed by atoms with E-state index in [-0.39, 0.29) is 10.1 Å². The van der Waals surface area contributed by atoms with Crippen LogP contribution in [0.15, 0.2) is 42.0 Å². The molecule has 0 saturated heterocycles. The maximum Gasteiger partial charge on any atom is 0.210 e. The van der Waals surface area contributed by atoms with E-state index >= 15 is 0 Å². The van der Waals surface area contributed by atoms with Gasteiger partial charge in [0.05, 0.1) is 6.61 Å². The highest BCUT2D eigenvalue weighted by atomic mass is 28.4. The minimum atomic E-state index is -2.20. The van der Waals surface area contributed by atoms with Crippen LogP contribution in [0.1, 0.15) is 80.7 Å². The Morgan fingerprint density at radius 2 is 1.56 bits per heavy atom. The van der Waals surface area contributed by atoms with Gasteiger partial charge < -0.3 is 4.43 Å². The van der Waals surface area contributed by atoms with Crippen LogP contribution in [-0.4, -0.2) is 8.32 Å². The van der Waals surface area contributed by atoms with E-state index in [1.54, 1.807) is 5.57 Å². The van der Waals surface area contributed by atoms with Crippen molar-refractivity contribution < 1.29 is 4.43 Å². The Kier molecular flexibility index (Phi) is 6.85. The van der Waals surface area contributed by atoms with E-state index in [0.717, 1.165) is 18.4 Å². The average Bonchev–Trinajstić information content (AvgIpc) is 2.55. The third kappa shape index (κ3) is 4.59. The molecule has 0 heterocycles. The predicted molar refractivity (Wildman–Crippen MR) is 121 cm³/mol. The molecule has 0 spiro atoms. The lowest BCUT2D eigenvalue weighted by Crippen LogP contribution is -2.59. The molecular formula is C25H42OSi. The van der Waals surface area contributed by atoms with Gasteiger partial charge in [-0.1, -0.05) is 97.4 Å². The van der Waals surface area contributed by atoms with E-state index < -0.39 is 8.32 Å². The van der Waals surface area contributed by atoms with Crippen molar-refractivity contribution in [3.63, 3.8) is 0 Å². The largest absolute Gasteiger partial charge is 0.411 e. The Bertz CT molecular complexity index is 617. The fraction of sp³-hybridized carbons (Fsp3) is 0.680. The SMILES string of the molecule is CC1=CC[C@H](C(C)C)C[C@@H]1[Si](OCc1ccccc1)(C(C)(C)C)C(C)(C)C. The van der Waals surface area contributed by atoms with Gasteiger partial charge in [0.2, 0.25) is 8.32 Å². The fourth-order valence-corrected chi connectivity index (χ4v) is 12.8. The van der Waals surface area contributed by atoms with Gasteiger partial charge in [0.1, 0.15) is 0 Å². The normalized spacial score (nSPS) is 22.1. The monoisotopic (exact) mass is 386 g/mol. The maximum absolute atomic E-state index is 7.18. The van der Waals surface area contributed by atoms with Crippen molar-refractivity contribution in [1.29, 1.82) is 0 Å². The van der Waals surface area contributed by atoms with Crippen LogP contribution in [0.4, 0.5) is 0 Å². The molecule has 0 aliphatic heterocycles. The second-order valence-electron chi connectivity index (χ2n) is 11.0. The standard InChI is InChI=1S/C25H42OSi/c1-19(2)22-16-15-20(3)23(17-22)27(24(4,5)6,25(7,8)9)26-18-21-13-11-10-12-14-21/h10-15,19,22-23H,16-18H2,1-9H3/t22-,23-/m0/s1. The zero-order valence-electron chi connectivity index (χ0n) is 19.2. The second-order valence-corrected chi connectivity index (χ2v) is 16.4. The summed E-state index contributed by atoms with van der Waals surface area (Å²) in [5, 5.41) is 0.331. The molecule has 2 atom stereocenters. The van der Waals surface area contributed by atoms with Gasteiger partial charge in [0.25, 0.3) is 0 Å². The van der Waals surface area contributed by atoms with Gasteiger partial charge in [-0.15, -0.1) is 0 Å². The summed E-state index contributed by atoms with van der Waals surface area (Å²) in [5.41, 5.74) is 3.46. The molecule has 2 heteroatoms. The highest BCUT2D eigenvalue weighted by Crippen LogP contribution is 2.62. The highest BCUT2D eigenvalue weighted by Gasteiger charge is 2.60. The van der Waals surface area contributed by atoms with Gasteiger partial charge in [-0.05, 0) is 52.8 Å². The number of benzene rings is 1. The number of rotatable bonds is 5. The number of hydrogen-bond donors (Lipinski definition) is 0. The van der Waals surface area contributed by atoms with Gasteiger partial charge >= 0.3 is 0 Å². The first-order chi connectivity index (χ1) is 12.4. The lowest BCUT2D eigenvalue weighted by Gasteiger charge is -2.56. The van der Waals surface area contributed by atoms with E-state index in [1.807, 2.05) is 0 Å². The first-order valence-electron chi connectivity index (χ1n) is 10.7. The zero-order valence-corrected chi connectivity index (χ0v) is 20.2. The molecule has 0 saturated carbocycles. The van der Waals surface area contributed by atoms with Crippen molar-refractivity contribution in [2.75, 3.05) is 0 Å². The molecule has 1 aliphatic rings. The molecule has 2 rings (SSSR count). The van der Waals surface area contributed by atoms with Crippen molar-refractivity contribution in [3.05, 3.63) is 47.5 Å². The highest BCUT2D eigenvalue weighted by molar-refractivity contribution is 6.81. The lowest BCUT2D eigenvalue weighted by atomic mass is 9.82. The van der Waals surface area contributed by atoms with Crippen LogP contribution in [0, 0.1) is 11.8 Å². The summed E-state index contributed by atoms with van der Waals surface area (Å²) in [6.07, 6.45) is 5.05. The summed E-state index contributed by atoms with van der Waals surface area (Å²) in [6.45, 7) is 22.5. The van der Waals surface area contributed by atoms with Crippen LogP contribution < -0.4 is 0 Å². The quantitative estimate of drug-likeness (QED) is 0.366. The van der Waals surface area contributed by atoms with Crippen LogP contribution in [0.5, 0.6) is 0 Å². The summed E-state index contributed by atoms with van der Waals surface area (Å²) in [4.78, 5) is 0. The third-order valence-corrected chi connectivity index (χ3v) is 13.5. The molecule has 0 unspecified atom stereocenters. The summed E-state index contributed by atoms with van der Waals surface area (Å²) in [7, 11) is -2.20. The Labute approximate surface area is 169 Å². The van der Waals surface area contributed by atoms with Crippen molar-refractivity contribution in [2.45, 2.75) is 97.4 Å². The van der Waals surface area contributed by atoms with Gasteiger partial charge in [-0.25, -0.2) is 0 Å². The van der Waals surface area contributed by atoms with Crippen LogP contribution >= 0.6 is 0 Å². The summed E-state index contributed by atoms with van der Waals surface area (Å²) >= 11 is 0. The molecule has 27 heavy (non-hydrogen) atoms. The lowest BCUT2D eigenvalue weighted by molar-refractivity contribution is 0.225. The second kappa shape index (κ2) is 8.25. The molecule has 0 fully saturated rings. The van der Waals surface area contributed by atoms with E-state index in [1.165, 1.54) is 18.4 Å². The van der Waals surface area contributed by atoms with Crippen molar-refractivity contribution in [3.8, 4) is 0 Å². The van der Waals surface area contributed by atoms with Crippen LogP contribution in [0.3, 0.4) is 0 Å². The van der Waals surface area contributed by atoms with E-state index in [4.69, 9.17) is 4.43 Å². The van der Waals surface area contributed by atoms with Gasteiger partial charge in [0.15, 0.2) is 0 Å². The Balaban J connectivity index is 2.51. The molecule has 1 aromatic rings. The Morgan fingerprint density at radius 1 is 1.00 bits per heavy atom. The van der Waals surface area contributed by atoms with E-state index in [9.17, 15) is 0 Å². The number of allylic oxidation sites excluding steroid dienone is 2. The number of hydrogen-bond acceptors (Lipinski definition) is 1. The van der Waals surface area contributed by atoms with Crippen molar-refractivity contribution in [2.24, 2.45) is 11.8 Å². The van der Waals surface area contributed by atoms with Crippen LogP contribution in [0.25, 0.3) is 0 Å². The van der Waals surface area contributed by atoms with E-state index in [2.05, 4.69) is 98.7 Å². The average molecular weight is 387 g/mol. The molecule has 1 nitrogen and oxygen atoms in total. The minimum Gasteiger partial charge on any atom is -0.411 e. The Morgan fingerprint density at radius 3 is 2.04 bits per heavy atom.